The van der Waals surface area contributed by atoms with Gasteiger partial charge in [0.2, 0.25) is 6.41 Å². The van der Waals surface area contributed by atoms with E-state index in [-0.39, 0.29) is 0 Å². The van der Waals surface area contributed by atoms with Crippen LogP contribution in [-0.4, -0.2) is 38.0 Å². The number of aryl methyl sites for hydroxylation is 1. The maximum absolute atomic E-state index is 11.4. The zero-order valence-corrected chi connectivity index (χ0v) is 13.4. The monoisotopic (exact) mass is 306 g/mol. The zero-order valence-electron chi connectivity index (χ0n) is 12.6. The lowest BCUT2D eigenvalue weighted by atomic mass is 10.0. The predicted octanol–water partition coefficient (Wildman–Crippen LogP) is 2.44. The van der Waals surface area contributed by atoms with Gasteiger partial charge in [-0.05, 0) is 18.2 Å². The third kappa shape index (κ3) is 1.82. The first-order valence-corrected chi connectivity index (χ1v) is 7.92. The molecule has 1 aromatic heterocycles. The maximum atomic E-state index is 11.4. The number of nitrogens with zero attached hydrogens (tertiary/aromatic N) is 2. The largest absolute Gasteiger partial charge is 0.493 e. The Morgan fingerprint density at radius 3 is 2.67 bits per heavy atom. The molecule has 21 heavy (non-hydrogen) atoms. The molecule has 0 fully saturated rings. The van der Waals surface area contributed by atoms with Crippen LogP contribution in [0, 0.1) is 0 Å². The van der Waals surface area contributed by atoms with Gasteiger partial charge in [0.25, 0.3) is 0 Å². The highest BCUT2D eigenvalue weighted by atomic mass is 32.2. The first-order valence-electron chi connectivity index (χ1n) is 6.70. The Hall–Kier alpha value is -1.82. The van der Waals surface area contributed by atoms with Gasteiger partial charge in [0, 0.05) is 25.0 Å². The minimum atomic E-state index is 0.647. The number of carbonyl (C=O) groups excluding carboxylic acids is 1. The number of methoxy groups -OCH3 is 2. The molecule has 0 saturated carbocycles. The number of rotatable bonds is 4. The summed E-state index contributed by atoms with van der Waals surface area (Å²) in [5.41, 5.74) is 3.17. The van der Waals surface area contributed by atoms with E-state index in [1.807, 2.05) is 13.1 Å². The number of benzene rings is 1. The Balaban J connectivity index is 2.49. The SMILES string of the molecule is COc1cc2c3c(c(SC)n(C)c3c1OC)CCN2C=O. The second-order valence-electron chi connectivity index (χ2n) is 4.95. The molecule has 0 aliphatic carbocycles. The molecular formula is C15H18N2O3S. The quantitative estimate of drug-likeness (QED) is 0.643. The average Bonchev–Trinajstić information content (AvgIpc) is 2.80. The van der Waals surface area contributed by atoms with Crippen LogP contribution in [0.15, 0.2) is 11.1 Å². The Kier molecular flexibility index (Phi) is 3.49. The molecule has 2 heterocycles. The lowest BCUT2D eigenvalue weighted by Gasteiger charge is -2.25. The summed E-state index contributed by atoms with van der Waals surface area (Å²) in [5.74, 6) is 1.36. The maximum Gasteiger partial charge on any atom is 0.214 e. The molecule has 0 atom stereocenters. The summed E-state index contributed by atoms with van der Waals surface area (Å²) in [6, 6.07) is 1.89. The molecule has 0 radical (unpaired) electrons. The Morgan fingerprint density at radius 2 is 2.10 bits per heavy atom. The highest BCUT2D eigenvalue weighted by molar-refractivity contribution is 7.98. The minimum Gasteiger partial charge on any atom is -0.493 e. The number of thioether (sulfide) groups is 1. The number of hydrogen-bond donors (Lipinski definition) is 0. The molecule has 3 rings (SSSR count). The fourth-order valence-electron chi connectivity index (χ4n) is 3.17. The van der Waals surface area contributed by atoms with Crippen LogP contribution in [0.2, 0.25) is 0 Å². The van der Waals surface area contributed by atoms with Crippen LogP contribution in [0.5, 0.6) is 11.5 Å². The molecule has 6 heteroatoms. The number of amides is 1. The van der Waals surface area contributed by atoms with Crippen molar-refractivity contribution in [2.75, 3.05) is 31.9 Å². The van der Waals surface area contributed by atoms with Crippen LogP contribution in [0.4, 0.5) is 5.69 Å². The first-order chi connectivity index (χ1) is 10.2. The van der Waals surface area contributed by atoms with E-state index in [0.717, 1.165) is 29.4 Å². The molecule has 0 bridgehead atoms. The van der Waals surface area contributed by atoms with Crippen molar-refractivity contribution in [2.24, 2.45) is 7.05 Å². The summed E-state index contributed by atoms with van der Waals surface area (Å²) < 4.78 is 13.2. The van der Waals surface area contributed by atoms with Gasteiger partial charge in [-0.1, -0.05) is 0 Å². The average molecular weight is 306 g/mol. The van der Waals surface area contributed by atoms with E-state index < -0.39 is 0 Å². The second-order valence-corrected chi connectivity index (χ2v) is 5.75. The van der Waals surface area contributed by atoms with Gasteiger partial charge in [-0.2, -0.15) is 0 Å². The van der Waals surface area contributed by atoms with E-state index in [0.29, 0.717) is 18.0 Å². The fourth-order valence-corrected chi connectivity index (χ4v) is 3.99. The van der Waals surface area contributed by atoms with Crippen molar-refractivity contribution in [1.29, 1.82) is 0 Å². The van der Waals surface area contributed by atoms with Crippen molar-refractivity contribution >= 4 is 34.8 Å². The fraction of sp³-hybridized carbons (Fsp3) is 0.400. The van der Waals surface area contributed by atoms with Crippen LogP contribution in [-0.2, 0) is 18.3 Å². The van der Waals surface area contributed by atoms with Crippen molar-refractivity contribution in [1.82, 2.24) is 4.57 Å². The summed E-state index contributed by atoms with van der Waals surface area (Å²) in [7, 11) is 5.29. The lowest BCUT2D eigenvalue weighted by molar-refractivity contribution is -0.107. The van der Waals surface area contributed by atoms with Crippen molar-refractivity contribution in [3.05, 3.63) is 11.6 Å². The van der Waals surface area contributed by atoms with Crippen LogP contribution in [0.3, 0.4) is 0 Å². The summed E-state index contributed by atoms with van der Waals surface area (Å²) in [6.45, 7) is 0.693. The molecule has 5 nitrogen and oxygen atoms in total. The topological polar surface area (TPSA) is 43.7 Å². The van der Waals surface area contributed by atoms with Gasteiger partial charge in [-0.15, -0.1) is 11.8 Å². The summed E-state index contributed by atoms with van der Waals surface area (Å²) >= 11 is 1.72. The Labute approximate surface area is 127 Å². The highest BCUT2D eigenvalue weighted by Gasteiger charge is 2.29. The molecule has 1 aliphatic rings. The molecule has 0 saturated heterocycles. The van der Waals surface area contributed by atoms with Gasteiger partial charge in [0.15, 0.2) is 11.5 Å². The van der Waals surface area contributed by atoms with E-state index in [2.05, 4.69) is 10.8 Å². The summed E-state index contributed by atoms with van der Waals surface area (Å²) in [6.07, 6.45) is 3.81. The van der Waals surface area contributed by atoms with Gasteiger partial charge in [0.05, 0.1) is 30.4 Å². The van der Waals surface area contributed by atoms with E-state index in [4.69, 9.17) is 9.47 Å². The summed E-state index contributed by atoms with van der Waals surface area (Å²) in [5, 5.41) is 2.31. The molecule has 2 aromatic rings. The van der Waals surface area contributed by atoms with Crippen molar-refractivity contribution < 1.29 is 14.3 Å². The molecule has 0 unspecified atom stereocenters. The lowest BCUT2D eigenvalue weighted by Crippen LogP contribution is -2.27. The van der Waals surface area contributed by atoms with Crippen LogP contribution in [0.25, 0.3) is 10.9 Å². The van der Waals surface area contributed by atoms with Crippen LogP contribution < -0.4 is 14.4 Å². The first kappa shape index (κ1) is 14.1. The van der Waals surface area contributed by atoms with E-state index >= 15 is 0 Å². The molecule has 0 N–H and O–H groups in total. The molecule has 1 amide bonds. The minimum absolute atomic E-state index is 0.647. The number of hydrogen-bond acceptors (Lipinski definition) is 4. The third-order valence-corrected chi connectivity index (χ3v) is 4.96. The van der Waals surface area contributed by atoms with Gasteiger partial charge in [-0.3, -0.25) is 4.79 Å². The number of ether oxygens (including phenoxy) is 2. The normalized spacial score (nSPS) is 13.6. The standard InChI is InChI=1S/C15H18N2O3S/c1-16-13-12-9(15(16)21-4)5-6-17(8-18)10(12)7-11(19-2)14(13)20-3/h7-8H,5-6H2,1-4H3. The summed E-state index contributed by atoms with van der Waals surface area (Å²) in [4.78, 5) is 13.1. The number of carbonyl (C=O) groups is 1. The van der Waals surface area contributed by atoms with Crippen molar-refractivity contribution in [3.8, 4) is 11.5 Å². The predicted molar refractivity (Wildman–Crippen MR) is 84.9 cm³/mol. The smallest absolute Gasteiger partial charge is 0.214 e. The molecule has 1 aliphatic heterocycles. The zero-order chi connectivity index (χ0) is 15.1. The Bertz CT molecular complexity index is 724. The van der Waals surface area contributed by atoms with Gasteiger partial charge in [-0.25, -0.2) is 0 Å². The van der Waals surface area contributed by atoms with Crippen molar-refractivity contribution in [3.63, 3.8) is 0 Å². The van der Waals surface area contributed by atoms with Gasteiger partial charge < -0.3 is 18.9 Å². The number of anilines is 1. The third-order valence-electron chi connectivity index (χ3n) is 4.06. The van der Waals surface area contributed by atoms with E-state index in [1.165, 1.54) is 10.6 Å². The van der Waals surface area contributed by atoms with Crippen LogP contribution in [0.1, 0.15) is 5.56 Å². The molecule has 112 valence electrons. The van der Waals surface area contributed by atoms with Crippen LogP contribution >= 0.6 is 11.8 Å². The molecular weight excluding hydrogens is 288 g/mol. The van der Waals surface area contributed by atoms with Gasteiger partial charge in [0.1, 0.15) is 0 Å². The van der Waals surface area contributed by atoms with Crippen molar-refractivity contribution in [2.45, 2.75) is 11.4 Å². The molecule has 1 aromatic carbocycles. The van der Waals surface area contributed by atoms with E-state index in [1.54, 1.807) is 30.9 Å². The second kappa shape index (κ2) is 5.18. The Morgan fingerprint density at radius 1 is 1.33 bits per heavy atom. The van der Waals surface area contributed by atoms with E-state index in [9.17, 15) is 4.79 Å². The molecule has 0 spiro atoms. The van der Waals surface area contributed by atoms with Gasteiger partial charge >= 0.3 is 0 Å². The highest BCUT2D eigenvalue weighted by Crippen LogP contribution is 2.48. The number of aromatic nitrogens is 1.